The zero-order chi connectivity index (χ0) is 16.4. The molecular formula is C13H24N2O6. The topological polar surface area (TPSA) is 105 Å². The van der Waals surface area contributed by atoms with Crippen molar-refractivity contribution in [3.05, 3.63) is 0 Å². The molecular weight excluding hydrogens is 280 g/mol. The standard InChI is InChI=1S/C13H24N2O6/c1-9(12(18)21-4)8-15(2)13(19)14-10(11(16)17)6-5-7-20-3/h9-10H,5-8H2,1-4H3,(H,14,19)(H,16,17). The summed E-state index contributed by atoms with van der Waals surface area (Å²) in [5, 5.41) is 11.5. The molecule has 0 aromatic carbocycles. The van der Waals surface area contributed by atoms with E-state index in [1.54, 1.807) is 6.92 Å². The lowest BCUT2D eigenvalue weighted by Crippen LogP contribution is -2.48. The van der Waals surface area contributed by atoms with Crippen LogP contribution in [0.1, 0.15) is 19.8 Å². The van der Waals surface area contributed by atoms with Crippen molar-refractivity contribution >= 4 is 18.0 Å². The Morgan fingerprint density at radius 2 is 1.90 bits per heavy atom. The molecule has 2 unspecified atom stereocenters. The molecule has 122 valence electrons. The Labute approximate surface area is 124 Å². The van der Waals surface area contributed by atoms with Gasteiger partial charge >= 0.3 is 18.0 Å². The van der Waals surface area contributed by atoms with Gasteiger partial charge in [0.2, 0.25) is 0 Å². The maximum Gasteiger partial charge on any atom is 0.326 e. The van der Waals surface area contributed by atoms with Gasteiger partial charge in [-0.15, -0.1) is 0 Å². The SMILES string of the molecule is COCCCC(NC(=O)N(C)CC(C)C(=O)OC)C(=O)O. The first-order valence-corrected chi connectivity index (χ1v) is 6.64. The average molecular weight is 304 g/mol. The summed E-state index contributed by atoms with van der Waals surface area (Å²) >= 11 is 0. The lowest BCUT2D eigenvalue weighted by atomic mass is 10.1. The zero-order valence-corrected chi connectivity index (χ0v) is 12.9. The van der Waals surface area contributed by atoms with Gasteiger partial charge in [0.05, 0.1) is 13.0 Å². The molecule has 0 aliphatic heterocycles. The first kappa shape index (κ1) is 19.2. The van der Waals surface area contributed by atoms with Crippen LogP contribution in [0, 0.1) is 5.92 Å². The van der Waals surface area contributed by atoms with Crippen molar-refractivity contribution in [1.29, 1.82) is 0 Å². The number of carbonyl (C=O) groups is 3. The Balaban J connectivity index is 4.40. The van der Waals surface area contributed by atoms with Gasteiger partial charge in [0.15, 0.2) is 0 Å². The second-order valence-electron chi connectivity index (χ2n) is 4.78. The van der Waals surface area contributed by atoms with Crippen molar-refractivity contribution < 1.29 is 29.0 Å². The van der Waals surface area contributed by atoms with Crippen LogP contribution in [0.3, 0.4) is 0 Å². The van der Waals surface area contributed by atoms with Gasteiger partial charge in [0.1, 0.15) is 6.04 Å². The van der Waals surface area contributed by atoms with E-state index in [0.717, 1.165) is 0 Å². The summed E-state index contributed by atoms with van der Waals surface area (Å²) in [7, 11) is 4.29. The fourth-order valence-corrected chi connectivity index (χ4v) is 1.72. The molecule has 0 spiro atoms. The van der Waals surface area contributed by atoms with Gasteiger partial charge in [-0.2, -0.15) is 0 Å². The van der Waals surface area contributed by atoms with Gasteiger partial charge in [0.25, 0.3) is 0 Å². The van der Waals surface area contributed by atoms with Gasteiger partial charge < -0.3 is 24.8 Å². The molecule has 0 saturated carbocycles. The summed E-state index contributed by atoms with van der Waals surface area (Å²) in [6.45, 7) is 2.20. The van der Waals surface area contributed by atoms with Crippen molar-refractivity contribution in [2.75, 3.05) is 34.4 Å². The molecule has 2 atom stereocenters. The van der Waals surface area contributed by atoms with E-state index in [4.69, 9.17) is 9.84 Å². The average Bonchev–Trinajstić information content (AvgIpc) is 2.44. The van der Waals surface area contributed by atoms with Crippen LogP contribution in [0.5, 0.6) is 0 Å². The van der Waals surface area contributed by atoms with Crippen LogP contribution in [0.25, 0.3) is 0 Å². The van der Waals surface area contributed by atoms with E-state index in [1.165, 1.54) is 26.2 Å². The highest BCUT2D eigenvalue weighted by Crippen LogP contribution is 2.03. The molecule has 0 aromatic heterocycles. The summed E-state index contributed by atoms with van der Waals surface area (Å²) < 4.78 is 9.42. The number of carboxylic acid groups (broad SMARTS) is 1. The number of carboxylic acids is 1. The van der Waals surface area contributed by atoms with E-state index in [0.29, 0.717) is 13.0 Å². The fourth-order valence-electron chi connectivity index (χ4n) is 1.72. The largest absolute Gasteiger partial charge is 0.480 e. The number of nitrogens with zero attached hydrogens (tertiary/aromatic N) is 1. The predicted molar refractivity (Wildman–Crippen MR) is 74.9 cm³/mol. The lowest BCUT2D eigenvalue weighted by Gasteiger charge is -2.23. The third-order valence-corrected chi connectivity index (χ3v) is 2.94. The highest BCUT2D eigenvalue weighted by molar-refractivity contribution is 5.82. The van der Waals surface area contributed by atoms with E-state index in [-0.39, 0.29) is 13.0 Å². The number of rotatable bonds is 9. The van der Waals surface area contributed by atoms with Gasteiger partial charge in [-0.05, 0) is 12.8 Å². The molecule has 0 saturated heterocycles. The van der Waals surface area contributed by atoms with E-state index in [2.05, 4.69) is 10.1 Å². The smallest absolute Gasteiger partial charge is 0.326 e. The van der Waals surface area contributed by atoms with Crippen molar-refractivity contribution in [3.8, 4) is 0 Å². The van der Waals surface area contributed by atoms with Crippen molar-refractivity contribution in [2.45, 2.75) is 25.8 Å². The van der Waals surface area contributed by atoms with Gasteiger partial charge in [-0.25, -0.2) is 9.59 Å². The number of methoxy groups -OCH3 is 2. The molecule has 0 rings (SSSR count). The Hall–Kier alpha value is -1.83. The van der Waals surface area contributed by atoms with E-state index < -0.39 is 29.9 Å². The maximum atomic E-state index is 11.9. The third kappa shape index (κ3) is 7.50. The fraction of sp³-hybridized carbons (Fsp3) is 0.769. The van der Waals surface area contributed by atoms with Crippen LogP contribution < -0.4 is 5.32 Å². The van der Waals surface area contributed by atoms with Crippen LogP contribution in [0.15, 0.2) is 0 Å². The highest BCUT2D eigenvalue weighted by atomic mass is 16.5. The zero-order valence-electron chi connectivity index (χ0n) is 12.9. The number of amides is 2. The van der Waals surface area contributed by atoms with Gasteiger partial charge in [-0.1, -0.05) is 6.92 Å². The highest BCUT2D eigenvalue weighted by Gasteiger charge is 2.23. The van der Waals surface area contributed by atoms with Crippen LogP contribution >= 0.6 is 0 Å². The molecule has 0 aliphatic carbocycles. The van der Waals surface area contributed by atoms with Crippen LogP contribution in [0.4, 0.5) is 4.79 Å². The van der Waals surface area contributed by atoms with Gasteiger partial charge in [0, 0.05) is 27.3 Å². The molecule has 0 fully saturated rings. The minimum absolute atomic E-state index is 0.142. The number of aliphatic carboxylic acids is 1. The summed E-state index contributed by atoms with van der Waals surface area (Å²) in [6.07, 6.45) is 0.797. The molecule has 0 bridgehead atoms. The molecule has 0 aromatic rings. The van der Waals surface area contributed by atoms with Crippen LogP contribution in [-0.4, -0.2) is 68.4 Å². The van der Waals surface area contributed by atoms with E-state index in [9.17, 15) is 14.4 Å². The molecule has 2 N–H and O–H groups in total. The Bertz CT molecular complexity index is 361. The number of ether oxygens (including phenoxy) is 2. The van der Waals surface area contributed by atoms with E-state index >= 15 is 0 Å². The number of nitrogens with one attached hydrogen (secondary N) is 1. The second-order valence-corrected chi connectivity index (χ2v) is 4.78. The van der Waals surface area contributed by atoms with Gasteiger partial charge in [-0.3, -0.25) is 4.79 Å². The Kier molecular flexibility index (Phi) is 9.11. The number of esters is 1. The maximum absolute atomic E-state index is 11.9. The molecule has 0 radical (unpaired) electrons. The second kappa shape index (κ2) is 9.98. The minimum atomic E-state index is -1.10. The van der Waals surface area contributed by atoms with Crippen molar-refractivity contribution in [2.24, 2.45) is 5.92 Å². The number of hydrogen-bond donors (Lipinski definition) is 2. The molecule has 0 heterocycles. The molecule has 21 heavy (non-hydrogen) atoms. The first-order chi connectivity index (χ1) is 9.83. The summed E-state index contributed by atoms with van der Waals surface area (Å²) in [5.41, 5.74) is 0. The molecule has 0 aliphatic rings. The van der Waals surface area contributed by atoms with Crippen molar-refractivity contribution in [1.82, 2.24) is 10.2 Å². The van der Waals surface area contributed by atoms with Crippen LogP contribution in [-0.2, 0) is 19.1 Å². The molecule has 8 heteroatoms. The predicted octanol–water partition coefficient (Wildman–Crippen LogP) is 0.317. The quantitative estimate of drug-likeness (QED) is 0.469. The normalized spacial score (nSPS) is 13.1. The third-order valence-electron chi connectivity index (χ3n) is 2.94. The summed E-state index contributed by atoms with van der Waals surface area (Å²) in [5.74, 6) is -2.01. The monoisotopic (exact) mass is 304 g/mol. The summed E-state index contributed by atoms with van der Waals surface area (Å²) in [6, 6.07) is -1.53. The number of carbonyl (C=O) groups excluding carboxylic acids is 2. The summed E-state index contributed by atoms with van der Waals surface area (Å²) in [4.78, 5) is 35.5. The van der Waals surface area contributed by atoms with Crippen LogP contribution in [0.2, 0.25) is 0 Å². The minimum Gasteiger partial charge on any atom is -0.480 e. The Morgan fingerprint density at radius 1 is 1.29 bits per heavy atom. The Morgan fingerprint density at radius 3 is 2.38 bits per heavy atom. The first-order valence-electron chi connectivity index (χ1n) is 6.64. The number of urea groups is 1. The number of hydrogen-bond acceptors (Lipinski definition) is 5. The lowest BCUT2D eigenvalue weighted by molar-refractivity contribution is -0.145. The molecule has 2 amide bonds. The van der Waals surface area contributed by atoms with E-state index in [1.807, 2.05) is 0 Å². The van der Waals surface area contributed by atoms with Crippen molar-refractivity contribution in [3.63, 3.8) is 0 Å². The molecule has 8 nitrogen and oxygen atoms in total.